The minimum atomic E-state index is -3.87. The number of carboxylic acid groups (broad SMARTS) is 1. The van der Waals surface area contributed by atoms with Gasteiger partial charge in [0, 0.05) is 18.0 Å². The molecule has 5 nitrogen and oxygen atoms in total. The summed E-state index contributed by atoms with van der Waals surface area (Å²) in [6.07, 6.45) is 0.00632. The Kier molecular flexibility index (Phi) is 6.10. The summed E-state index contributed by atoms with van der Waals surface area (Å²) in [5.41, 5.74) is 0.260. The topological polar surface area (TPSA) is 74.7 Å². The lowest BCUT2D eigenvalue weighted by Crippen LogP contribution is -2.32. The predicted octanol–water partition coefficient (Wildman–Crippen LogP) is 4.05. The van der Waals surface area contributed by atoms with Crippen molar-refractivity contribution in [3.05, 3.63) is 58.6 Å². The van der Waals surface area contributed by atoms with Gasteiger partial charge in [-0.3, -0.25) is 9.10 Å². The molecule has 0 heterocycles. The molecule has 24 heavy (non-hydrogen) atoms. The van der Waals surface area contributed by atoms with E-state index in [1.165, 1.54) is 30.3 Å². The number of benzene rings is 2. The molecule has 0 atom stereocenters. The molecule has 2 rings (SSSR count). The number of carboxylic acids is 1. The largest absolute Gasteiger partial charge is 0.481 e. The van der Waals surface area contributed by atoms with Gasteiger partial charge in [0.25, 0.3) is 10.0 Å². The molecule has 0 unspecified atom stereocenters. The van der Waals surface area contributed by atoms with Gasteiger partial charge in [0.2, 0.25) is 0 Å². The normalized spacial score (nSPS) is 11.2. The molecule has 0 radical (unpaired) electrons. The van der Waals surface area contributed by atoms with E-state index in [1.807, 2.05) is 0 Å². The van der Waals surface area contributed by atoms with Crippen molar-refractivity contribution in [3.8, 4) is 0 Å². The van der Waals surface area contributed by atoms with Crippen LogP contribution in [0.1, 0.15) is 12.8 Å². The maximum atomic E-state index is 12.9. The highest BCUT2D eigenvalue weighted by Gasteiger charge is 2.26. The minimum Gasteiger partial charge on any atom is -0.481 e. The fourth-order valence-corrected chi connectivity index (χ4v) is 4.25. The molecule has 128 valence electrons. The first-order chi connectivity index (χ1) is 11.3. The first kappa shape index (κ1) is 18.6. The molecule has 2 aromatic rings. The predicted molar refractivity (Wildman–Crippen MR) is 94.3 cm³/mol. The Morgan fingerprint density at radius 1 is 1.08 bits per heavy atom. The lowest BCUT2D eigenvalue weighted by Gasteiger charge is -2.25. The molecule has 0 bridgehead atoms. The van der Waals surface area contributed by atoms with Crippen LogP contribution < -0.4 is 4.31 Å². The van der Waals surface area contributed by atoms with Gasteiger partial charge in [0.05, 0.1) is 15.6 Å². The summed E-state index contributed by atoms with van der Waals surface area (Å²) in [6, 6.07) is 12.4. The molecule has 0 aliphatic carbocycles. The molecule has 0 spiro atoms. The summed E-state index contributed by atoms with van der Waals surface area (Å²) >= 11 is 12.0. The van der Waals surface area contributed by atoms with Crippen LogP contribution in [0.4, 0.5) is 5.69 Å². The second-order valence-corrected chi connectivity index (χ2v) is 7.69. The van der Waals surface area contributed by atoms with Crippen LogP contribution in [-0.2, 0) is 14.8 Å². The van der Waals surface area contributed by atoms with E-state index in [0.29, 0.717) is 5.02 Å². The molecule has 2 aromatic carbocycles. The van der Waals surface area contributed by atoms with E-state index in [-0.39, 0.29) is 35.0 Å². The number of aliphatic carboxylic acids is 1. The Bertz CT molecular complexity index is 825. The van der Waals surface area contributed by atoms with E-state index < -0.39 is 16.0 Å². The number of anilines is 1. The molecule has 1 N–H and O–H groups in total. The third-order valence-electron chi connectivity index (χ3n) is 3.26. The van der Waals surface area contributed by atoms with Crippen molar-refractivity contribution >= 4 is 44.9 Å². The summed E-state index contributed by atoms with van der Waals surface area (Å²) < 4.78 is 27.0. The Morgan fingerprint density at radius 3 is 2.33 bits per heavy atom. The van der Waals surface area contributed by atoms with Gasteiger partial charge in [-0.1, -0.05) is 41.4 Å². The van der Waals surface area contributed by atoms with Crippen LogP contribution in [0.5, 0.6) is 0 Å². The van der Waals surface area contributed by atoms with Crippen molar-refractivity contribution in [2.45, 2.75) is 17.7 Å². The lowest BCUT2D eigenvalue weighted by molar-refractivity contribution is -0.137. The molecule has 0 aliphatic rings. The van der Waals surface area contributed by atoms with E-state index in [2.05, 4.69) is 0 Å². The number of halogens is 2. The molecule has 0 saturated heterocycles. The van der Waals surface area contributed by atoms with Crippen LogP contribution in [-0.4, -0.2) is 26.0 Å². The molecule has 0 amide bonds. The third kappa shape index (κ3) is 4.41. The first-order valence-electron chi connectivity index (χ1n) is 7.07. The molecule has 0 aromatic heterocycles. The number of rotatable bonds is 7. The smallest absolute Gasteiger partial charge is 0.303 e. The maximum Gasteiger partial charge on any atom is 0.303 e. The van der Waals surface area contributed by atoms with Crippen LogP contribution in [0, 0.1) is 0 Å². The summed E-state index contributed by atoms with van der Waals surface area (Å²) in [5, 5.41) is 9.36. The highest BCUT2D eigenvalue weighted by atomic mass is 35.5. The molecule has 0 saturated carbocycles. The summed E-state index contributed by atoms with van der Waals surface area (Å²) in [5.74, 6) is -0.991. The van der Waals surface area contributed by atoms with Crippen molar-refractivity contribution in [2.24, 2.45) is 0 Å². The average molecular weight is 388 g/mol. The van der Waals surface area contributed by atoms with Crippen molar-refractivity contribution in [1.82, 2.24) is 0 Å². The van der Waals surface area contributed by atoms with Gasteiger partial charge in [0.1, 0.15) is 0 Å². The number of nitrogens with zero attached hydrogens (tertiary/aromatic N) is 1. The van der Waals surface area contributed by atoms with Crippen molar-refractivity contribution < 1.29 is 18.3 Å². The van der Waals surface area contributed by atoms with E-state index in [1.54, 1.807) is 18.2 Å². The zero-order chi connectivity index (χ0) is 17.7. The first-order valence-corrected chi connectivity index (χ1v) is 9.26. The maximum absolute atomic E-state index is 12.9. The minimum absolute atomic E-state index is 0.00905. The zero-order valence-electron chi connectivity index (χ0n) is 12.5. The molecule has 8 heteroatoms. The highest BCUT2D eigenvalue weighted by Crippen LogP contribution is 2.32. The fraction of sp³-hybridized carbons (Fsp3) is 0.188. The van der Waals surface area contributed by atoms with E-state index in [4.69, 9.17) is 28.3 Å². The van der Waals surface area contributed by atoms with Gasteiger partial charge >= 0.3 is 5.97 Å². The van der Waals surface area contributed by atoms with Crippen molar-refractivity contribution in [1.29, 1.82) is 0 Å². The van der Waals surface area contributed by atoms with Crippen LogP contribution >= 0.6 is 23.2 Å². The Morgan fingerprint density at radius 2 is 1.75 bits per heavy atom. The molecule has 0 fully saturated rings. The van der Waals surface area contributed by atoms with E-state index in [9.17, 15) is 13.2 Å². The van der Waals surface area contributed by atoms with Crippen LogP contribution in [0.3, 0.4) is 0 Å². The van der Waals surface area contributed by atoms with Gasteiger partial charge in [-0.25, -0.2) is 8.42 Å². The quantitative estimate of drug-likeness (QED) is 0.777. The SMILES string of the molecule is O=C(O)CCCN(c1ccc(Cl)cc1Cl)S(=O)(=O)c1ccccc1. The summed E-state index contributed by atoms with van der Waals surface area (Å²) in [6.45, 7) is -0.00905. The second kappa shape index (κ2) is 7.88. The average Bonchev–Trinajstić information content (AvgIpc) is 2.53. The summed E-state index contributed by atoms with van der Waals surface area (Å²) in [4.78, 5) is 10.8. The number of hydrogen-bond donors (Lipinski definition) is 1. The van der Waals surface area contributed by atoms with Crippen molar-refractivity contribution in [3.63, 3.8) is 0 Å². The van der Waals surface area contributed by atoms with Crippen LogP contribution in [0.2, 0.25) is 10.0 Å². The van der Waals surface area contributed by atoms with Crippen LogP contribution in [0.25, 0.3) is 0 Å². The second-order valence-electron chi connectivity index (χ2n) is 4.98. The van der Waals surface area contributed by atoms with Gasteiger partial charge in [0.15, 0.2) is 0 Å². The third-order valence-corrected chi connectivity index (χ3v) is 5.63. The zero-order valence-corrected chi connectivity index (χ0v) is 14.9. The van der Waals surface area contributed by atoms with Gasteiger partial charge in [-0.05, 0) is 36.8 Å². The molecule has 0 aliphatic heterocycles. The van der Waals surface area contributed by atoms with E-state index in [0.717, 1.165) is 4.31 Å². The Labute approximate surface area is 150 Å². The molecular weight excluding hydrogens is 373 g/mol. The summed E-state index contributed by atoms with van der Waals surface area (Å²) in [7, 11) is -3.87. The Balaban J connectivity index is 2.44. The highest BCUT2D eigenvalue weighted by molar-refractivity contribution is 7.92. The molecular formula is C16H15Cl2NO4S. The number of sulfonamides is 1. The monoisotopic (exact) mass is 387 g/mol. The van der Waals surface area contributed by atoms with Gasteiger partial charge in [-0.15, -0.1) is 0 Å². The number of carbonyl (C=O) groups is 1. The van der Waals surface area contributed by atoms with Crippen molar-refractivity contribution in [2.75, 3.05) is 10.8 Å². The fourth-order valence-electron chi connectivity index (χ4n) is 2.15. The van der Waals surface area contributed by atoms with Gasteiger partial charge < -0.3 is 5.11 Å². The number of hydrogen-bond acceptors (Lipinski definition) is 3. The lowest BCUT2D eigenvalue weighted by atomic mass is 10.3. The van der Waals surface area contributed by atoms with E-state index >= 15 is 0 Å². The standard InChI is InChI=1S/C16H15Cl2NO4S/c17-12-8-9-15(14(18)11-12)19(10-4-7-16(20)21)24(22,23)13-5-2-1-3-6-13/h1-3,5-6,8-9,11H,4,7,10H2,(H,20,21). The van der Waals surface area contributed by atoms with Gasteiger partial charge in [-0.2, -0.15) is 0 Å². The Hall–Kier alpha value is -1.76. The van der Waals surface area contributed by atoms with Crippen LogP contribution in [0.15, 0.2) is 53.4 Å².